The topological polar surface area (TPSA) is 69.8 Å². The Labute approximate surface area is 144 Å². The van der Waals surface area contributed by atoms with Gasteiger partial charge in [-0.2, -0.15) is 5.10 Å². The van der Waals surface area contributed by atoms with Gasteiger partial charge in [-0.15, -0.1) is 12.4 Å². The molecule has 130 valence electrons. The van der Waals surface area contributed by atoms with Crippen molar-refractivity contribution in [3.05, 3.63) is 11.8 Å². The number of aromatic amines is 1. The lowest BCUT2D eigenvalue weighted by Gasteiger charge is -2.24. The van der Waals surface area contributed by atoms with Crippen molar-refractivity contribution in [3.8, 4) is 0 Å². The standard InChI is InChI=1S/C17H28N4O.ClH/c1-17(2,3)10-12-9-15(21-20-12)19-16(22)14-8-11-6-4-5-7-13(11)18-14;/h9,11,13-14,18H,4-8,10H2,1-3H3,(H2,19,20,21,22);1H. The minimum atomic E-state index is -0.0594. The quantitative estimate of drug-likeness (QED) is 0.790. The van der Waals surface area contributed by atoms with Crippen molar-refractivity contribution in [1.82, 2.24) is 15.5 Å². The Kier molecular flexibility index (Phi) is 5.74. The number of nitrogens with one attached hydrogen (secondary N) is 3. The molecule has 2 aliphatic rings. The van der Waals surface area contributed by atoms with Crippen molar-refractivity contribution in [2.75, 3.05) is 5.32 Å². The number of nitrogens with zero attached hydrogens (tertiary/aromatic N) is 1. The molecule has 1 aromatic heterocycles. The van der Waals surface area contributed by atoms with Crippen LogP contribution >= 0.6 is 12.4 Å². The van der Waals surface area contributed by atoms with E-state index in [-0.39, 0.29) is 29.8 Å². The average Bonchev–Trinajstić information content (AvgIpc) is 3.03. The molecule has 3 N–H and O–H groups in total. The second-order valence-electron chi connectivity index (χ2n) is 8.11. The van der Waals surface area contributed by atoms with Crippen LogP contribution < -0.4 is 10.6 Å². The van der Waals surface area contributed by atoms with Gasteiger partial charge in [-0.3, -0.25) is 9.89 Å². The Morgan fingerprint density at radius 1 is 1.35 bits per heavy atom. The third-order valence-corrected chi connectivity index (χ3v) is 4.78. The summed E-state index contributed by atoms with van der Waals surface area (Å²) in [6.45, 7) is 6.57. The van der Waals surface area contributed by atoms with E-state index in [9.17, 15) is 4.79 Å². The maximum absolute atomic E-state index is 12.4. The van der Waals surface area contributed by atoms with Crippen LogP contribution in [-0.4, -0.2) is 28.2 Å². The molecule has 6 heteroatoms. The van der Waals surface area contributed by atoms with Crippen molar-refractivity contribution >= 4 is 24.1 Å². The van der Waals surface area contributed by atoms with Crippen molar-refractivity contribution in [2.24, 2.45) is 11.3 Å². The average molecular weight is 341 g/mol. The van der Waals surface area contributed by atoms with Gasteiger partial charge in [-0.25, -0.2) is 0 Å². The van der Waals surface area contributed by atoms with Gasteiger partial charge in [0.1, 0.15) is 0 Å². The number of carbonyl (C=O) groups is 1. The number of hydrogen-bond acceptors (Lipinski definition) is 3. The van der Waals surface area contributed by atoms with Crippen molar-refractivity contribution < 1.29 is 4.79 Å². The van der Waals surface area contributed by atoms with Crippen LogP contribution in [0.4, 0.5) is 5.82 Å². The molecule has 2 fully saturated rings. The molecule has 1 amide bonds. The summed E-state index contributed by atoms with van der Waals surface area (Å²) >= 11 is 0. The first-order valence-corrected chi connectivity index (χ1v) is 8.52. The second-order valence-corrected chi connectivity index (χ2v) is 8.11. The van der Waals surface area contributed by atoms with Crippen LogP contribution in [0.3, 0.4) is 0 Å². The molecule has 0 bridgehead atoms. The van der Waals surface area contributed by atoms with Crippen LogP contribution in [0.15, 0.2) is 6.07 Å². The molecule has 1 aliphatic heterocycles. The van der Waals surface area contributed by atoms with Gasteiger partial charge in [0, 0.05) is 17.8 Å². The Hall–Kier alpha value is -1.07. The lowest BCUT2D eigenvalue weighted by atomic mass is 9.85. The zero-order valence-corrected chi connectivity index (χ0v) is 15.1. The molecular formula is C17H29ClN4O. The van der Waals surface area contributed by atoms with Gasteiger partial charge in [-0.1, -0.05) is 33.6 Å². The highest BCUT2D eigenvalue weighted by Gasteiger charge is 2.38. The summed E-state index contributed by atoms with van der Waals surface area (Å²) in [7, 11) is 0. The molecule has 3 atom stereocenters. The number of amides is 1. The molecule has 3 rings (SSSR count). The summed E-state index contributed by atoms with van der Waals surface area (Å²) in [6, 6.07) is 2.43. The normalized spacial score (nSPS) is 27.2. The van der Waals surface area contributed by atoms with Crippen molar-refractivity contribution in [3.63, 3.8) is 0 Å². The molecule has 23 heavy (non-hydrogen) atoms. The summed E-state index contributed by atoms with van der Waals surface area (Å²) < 4.78 is 0. The molecule has 1 saturated carbocycles. The predicted octanol–water partition coefficient (Wildman–Crippen LogP) is 3.28. The van der Waals surface area contributed by atoms with Gasteiger partial charge in [0.2, 0.25) is 5.91 Å². The van der Waals surface area contributed by atoms with Crippen LogP contribution in [0.25, 0.3) is 0 Å². The smallest absolute Gasteiger partial charge is 0.242 e. The first-order chi connectivity index (χ1) is 10.4. The minimum Gasteiger partial charge on any atom is -0.308 e. The van der Waals surface area contributed by atoms with Gasteiger partial charge in [0.05, 0.1) is 6.04 Å². The van der Waals surface area contributed by atoms with Gasteiger partial charge in [0.15, 0.2) is 5.82 Å². The summed E-state index contributed by atoms with van der Waals surface area (Å²) in [5.74, 6) is 1.38. The summed E-state index contributed by atoms with van der Waals surface area (Å²) in [4.78, 5) is 12.4. The zero-order valence-electron chi connectivity index (χ0n) is 14.3. The Morgan fingerprint density at radius 3 is 2.78 bits per heavy atom. The first kappa shape index (κ1) is 18.3. The van der Waals surface area contributed by atoms with Crippen molar-refractivity contribution in [1.29, 1.82) is 0 Å². The van der Waals surface area contributed by atoms with Gasteiger partial charge < -0.3 is 10.6 Å². The van der Waals surface area contributed by atoms with E-state index in [1.807, 2.05) is 6.07 Å². The lowest BCUT2D eigenvalue weighted by Crippen LogP contribution is -2.39. The Balaban J connectivity index is 0.00000192. The van der Waals surface area contributed by atoms with Gasteiger partial charge in [0.25, 0.3) is 0 Å². The number of fused-ring (bicyclic) bond motifs is 1. The van der Waals surface area contributed by atoms with E-state index in [1.165, 1.54) is 25.7 Å². The molecule has 0 aromatic carbocycles. The fourth-order valence-electron chi connectivity index (χ4n) is 3.82. The first-order valence-electron chi connectivity index (χ1n) is 8.52. The number of anilines is 1. The van der Waals surface area contributed by atoms with Gasteiger partial charge in [-0.05, 0) is 37.0 Å². The number of halogens is 1. The molecule has 2 heterocycles. The largest absolute Gasteiger partial charge is 0.308 e. The zero-order chi connectivity index (χ0) is 15.7. The van der Waals surface area contributed by atoms with Crippen LogP contribution in [0.2, 0.25) is 0 Å². The Bertz CT molecular complexity index is 523. The Morgan fingerprint density at radius 2 is 2.09 bits per heavy atom. The van der Waals surface area contributed by atoms with Crippen LogP contribution in [-0.2, 0) is 11.2 Å². The molecule has 1 aromatic rings. The highest BCUT2D eigenvalue weighted by atomic mass is 35.5. The highest BCUT2D eigenvalue weighted by molar-refractivity contribution is 5.94. The summed E-state index contributed by atoms with van der Waals surface area (Å²) in [5, 5.41) is 13.7. The van der Waals surface area contributed by atoms with E-state index in [0.717, 1.165) is 18.5 Å². The predicted molar refractivity (Wildman–Crippen MR) is 94.9 cm³/mol. The van der Waals surface area contributed by atoms with E-state index in [4.69, 9.17) is 0 Å². The monoisotopic (exact) mass is 340 g/mol. The maximum Gasteiger partial charge on any atom is 0.242 e. The third kappa shape index (κ3) is 4.70. The lowest BCUT2D eigenvalue weighted by molar-refractivity contribution is -0.117. The van der Waals surface area contributed by atoms with Crippen LogP contribution in [0.5, 0.6) is 0 Å². The fraction of sp³-hybridized carbons (Fsp3) is 0.765. The minimum absolute atomic E-state index is 0. The summed E-state index contributed by atoms with van der Waals surface area (Å²) in [6.07, 6.45) is 6.97. The molecule has 0 spiro atoms. The fourth-order valence-corrected chi connectivity index (χ4v) is 3.82. The van der Waals surface area contributed by atoms with E-state index in [2.05, 4.69) is 41.6 Å². The van der Waals surface area contributed by atoms with E-state index >= 15 is 0 Å². The highest BCUT2D eigenvalue weighted by Crippen LogP contribution is 2.33. The number of aromatic nitrogens is 2. The molecule has 1 aliphatic carbocycles. The maximum atomic E-state index is 12.4. The van der Waals surface area contributed by atoms with E-state index < -0.39 is 0 Å². The molecule has 5 nitrogen and oxygen atoms in total. The van der Waals surface area contributed by atoms with Crippen LogP contribution in [0, 0.1) is 11.3 Å². The molecule has 3 unspecified atom stereocenters. The third-order valence-electron chi connectivity index (χ3n) is 4.78. The number of hydrogen-bond donors (Lipinski definition) is 3. The van der Waals surface area contributed by atoms with Gasteiger partial charge >= 0.3 is 0 Å². The summed E-state index contributed by atoms with van der Waals surface area (Å²) in [5.41, 5.74) is 1.27. The number of rotatable bonds is 3. The van der Waals surface area contributed by atoms with Crippen LogP contribution in [0.1, 0.15) is 58.6 Å². The van der Waals surface area contributed by atoms with Crippen molar-refractivity contribution in [2.45, 2.75) is 71.4 Å². The SMILES string of the molecule is CC(C)(C)Cc1cc(NC(=O)C2CC3CCCCC3N2)n[nH]1.Cl. The number of H-pyrrole nitrogens is 1. The molecule has 0 radical (unpaired) electrons. The number of carbonyl (C=O) groups excluding carboxylic acids is 1. The van der Waals surface area contributed by atoms with E-state index in [1.54, 1.807) is 0 Å². The second kappa shape index (κ2) is 7.22. The molecule has 1 saturated heterocycles. The van der Waals surface area contributed by atoms with E-state index in [0.29, 0.717) is 17.8 Å². The molecular weight excluding hydrogens is 312 g/mol.